The van der Waals surface area contributed by atoms with Crippen molar-refractivity contribution in [3.63, 3.8) is 0 Å². The highest BCUT2D eigenvalue weighted by atomic mass is 79.9. The predicted octanol–water partition coefficient (Wildman–Crippen LogP) is 4.70. The molecule has 0 saturated carbocycles. The molecule has 0 aliphatic rings. The first-order chi connectivity index (χ1) is 9.27. The van der Waals surface area contributed by atoms with Gasteiger partial charge in [-0.2, -0.15) is 0 Å². The minimum Gasteiger partial charge on any atom is -0.372 e. The molecule has 19 heavy (non-hydrogen) atoms. The maximum Gasteiger partial charge on any atom is 0.0949 e. The number of benzene rings is 1. The van der Waals surface area contributed by atoms with Crippen molar-refractivity contribution in [1.82, 2.24) is 5.32 Å². The molecule has 0 amide bonds. The lowest BCUT2D eigenvalue weighted by Crippen LogP contribution is -2.24. The summed E-state index contributed by atoms with van der Waals surface area (Å²) in [4.78, 5) is 0. The van der Waals surface area contributed by atoms with Gasteiger partial charge in [0.25, 0.3) is 0 Å². The summed E-state index contributed by atoms with van der Waals surface area (Å²) >= 11 is 3.48. The van der Waals surface area contributed by atoms with Crippen LogP contribution in [0.5, 0.6) is 0 Å². The molecule has 1 unspecified atom stereocenters. The van der Waals surface area contributed by atoms with Gasteiger partial charge in [-0.25, -0.2) is 0 Å². The zero-order valence-electron chi connectivity index (χ0n) is 12.1. The van der Waals surface area contributed by atoms with Crippen molar-refractivity contribution in [2.24, 2.45) is 0 Å². The van der Waals surface area contributed by atoms with Crippen molar-refractivity contribution in [3.05, 3.63) is 34.3 Å². The molecule has 0 aromatic heterocycles. The van der Waals surface area contributed by atoms with Crippen LogP contribution in [0.1, 0.15) is 51.2 Å². The highest BCUT2D eigenvalue weighted by Crippen LogP contribution is 2.20. The second kappa shape index (κ2) is 10.4. The van der Waals surface area contributed by atoms with Gasteiger partial charge in [0.1, 0.15) is 0 Å². The number of rotatable bonds is 10. The molecule has 0 fully saturated rings. The monoisotopic (exact) mass is 327 g/mol. The summed E-state index contributed by atoms with van der Waals surface area (Å²) in [6, 6.07) is 8.44. The molecule has 1 atom stereocenters. The van der Waals surface area contributed by atoms with Crippen LogP contribution in [0.4, 0.5) is 0 Å². The Hall–Kier alpha value is -0.380. The first-order valence-electron chi connectivity index (χ1n) is 7.35. The lowest BCUT2D eigenvalue weighted by atomic mass is 10.1. The van der Waals surface area contributed by atoms with Crippen molar-refractivity contribution in [2.45, 2.75) is 45.6 Å². The van der Waals surface area contributed by atoms with E-state index in [1.807, 2.05) is 0 Å². The molecule has 0 aliphatic carbocycles. The van der Waals surface area contributed by atoms with E-state index in [1.54, 1.807) is 0 Å². The van der Waals surface area contributed by atoms with Gasteiger partial charge in [0.15, 0.2) is 0 Å². The Morgan fingerprint density at radius 2 is 1.84 bits per heavy atom. The first-order valence-corrected chi connectivity index (χ1v) is 8.15. The fourth-order valence-corrected chi connectivity index (χ4v) is 2.20. The van der Waals surface area contributed by atoms with Gasteiger partial charge in [0.2, 0.25) is 0 Å². The molecule has 1 rings (SSSR count). The molecule has 1 aromatic carbocycles. The van der Waals surface area contributed by atoms with E-state index in [9.17, 15) is 0 Å². The van der Waals surface area contributed by atoms with Crippen LogP contribution in [0.2, 0.25) is 0 Å². The normalized spacial score (nSPS) is 12.6. The van der Waals surface area contributed by atoms with Gasteiger partial charge in [-0.1, -0.05) is 54.8 Å². The van der Waals surface area contributed by atoms with E-state index in [-0.39, 0.29) is 6.10 Å². The zero-order chi connectivity index (χ0) is 13.9. The van der Waals surface area contributed by atoms with Gasteiger partial charge >= 0.3 is 0 Å². The van der Waals surface area contributed by atoms with Crippen LogP contribution in [-0.4, -0.2) is 19.7 Å². The number of ether oxygens (including phenoxy) is 1. The molecule has 0 spiro atoms. The van der Waals surface area contributed by atoms with Crippen LogP contribution in [0.25, 0.3) is 0 Å². The third-order valence-electron chi connectivity index (χ3n) is 3.07. The molecule has 108 valence electrons. The van der Waals surface area contributed by atoms with Gasteiger partial charge in [0.05, 0.1) is 6.10 Å². The Labute approximate surface area is 126 Å². The summed E-state index contributed by atoms with van der Waals surface area (Å²) in [6.45, 7) is 7.19. The molecule has 0 saturated heterocycles. The minimum absolute atomic E-state index is 0.163. The van der Waals surface area contributed by atoms with Gasteiger partial charge in [-0.15, -0.1) is 0 Å². The highest BCUT2D eigenvalue weighted by Gasteiger charge is 2.11. The van der Waals surface area contributed by atoms with Crippen molar-refractivity contribution in [2.75, 3.05) is 19.7 Å². The lowest BCUT2D eigenvalue weighted by molar-refractivity contribution is 0.0501. The van der Waals surface area contributed by atoms with Gasteiger partial charge < -0.3 is 10.1 Å². The summed E-state index contributed by atoms with van der Waals surface area (Å²) in [5.41, 5.74) is 1.25. The summed E-state index contributed by atoms with van der Waals surface area (Å²) < 4.78 is 7.15. The van der Waals surface area contributed by atoms with E-state index in [4.69, 9.17) is 4.74 Å². The van der Waals surface area contributed by atoms with Gasteiger partial charge in [-0.3, -0.25) is 0 Å². The largest absolute Gasteiger partial charge is 0.372 e. The van der Waals surface area contributed by atoms with E-state index >= 15 is 0 Å². The lowest BCUT2D eigenvalue weighted by Gasteiger charge is -2.19. The second-order valence-corrected chi connectivity index (χ2v) is 5.74. The summed E-state index contributed by atoms with van der Waals surface area (Å²) in [6.07, 6.45) is 4.95. The molecule has 1 aromatic rings. The van der Waals surface area contributed by atoms with Crippen molar-refractivity contribution in [1.29, 1.82) is 0 Å². The molecular weight excluding hydrogens is 302 g/mol. The molecular formula is C16H26BrNO. The van der Waals surface area contributed by atoms with Crippen LogP contribution in [-0.2, 0) is 4.74 Å². The van der Waals surface area contributed by atoms with E-state index in [1.165, 1.54) is 18.4 Å². The fraction of sp³-hybridized carbons (Fsp3) is 0.625. The van der Waals surface area contributed by atoms with E-state index < -0.39 is 0 Å². The Morgan fingerprint density at radius 1 is 1.11 bits per heavy atom. The van der Waals surface area contributed by atoms with Crippen LogP contribution in [0, 0.1) is 0 Å². The van der Waals surface area contributed by atoms with E-state index in [0.29, 0.717) is 0 Å². The number of unbranched alkanes of at least 4 members (excludes halogenated alkanes) is 2. The van der Waals surface area contributed by atoms with Crippen LogP contribution >= 0.6 is 15.9 Å². The summed E-state index contributed by atoms with van der Waals surface area (Å²) in [7, 11) is 0. The molecule has 0 aliphatic heterocycles. The topological polar surface area (TPSA) is 21.3 Å². The molecule has 1 N–H and O–H groups in total. The Morgan fingerprint density at radius 3 is 2.47 bits per heavy atom. The van der Waals surface area contributed by atoms with Crippen molar-refractivity contribution < 1.29 is 4.74 Å². The molecule has 0 bridgehead atoms. The fourth-order valence-electron chi connectivity index (χ4n) is 1.94. The summed E-state index contributed by atoms with van der Waals surface area (Å²) in [5.74, 6) is 0. The van der Waals surface area contributed by atoms with Gasteiger partial charge in [0, 0.05) is 17.6 Å². The number of hydrogen-bond acceptors (Lipinski definition) is 2. The Balaban J connectivity index is 2.49. The molecule has 0 radical (unpaired) electrons. The van der Waals surface area contributed by atoms with Crippen LogP contribution < -0.4 is 5.32 Å². The SMILES string of the molecule is CCCCCOC(CNCCC)c1ccc(Br)cc1. The third kappa shape index (κ3) is 7.09. The number of halogens is 1. The highest BCUT2D eigenvalue weighted by molar-refractivity contribution is 9.10. The standard InChI is InChI=1S/C16H26BrNO/c1-3-5-6-12-19-16(13-18-11-4-2)14-7-9-15(17)10-8-14/h7-10,16,18H,3-6,11-13H2,1-2H3. The second-order valence-electron chi connectivity index (χ2n) is 4.82. The Kier molecular flexibility index (Phi) is 9.14. The van der Waals surface area contributed by atoms with E-state index in [2.05, 4.69) is 59.4 Å². The maximum atomic E-state index is 6.04. The molecule has 3 heteroatoms. The minimum atomic E-state index is 0.163. The van der Waals surface area contributed by atoms with Gasteiger partial charge in [-0.05, 0) is 37.1 Å². The molecule has 0 heterocycles. The maximum absolute atomic E-state index is 6.04. The van der Waals surface area contributed by atoms with Crippen molar-refractivity contribution in [3.8, 4) is 0 Å². The molecule has 2 nitrogen and oxygen atoms in total. The first kappa shape index (κ1) is 16.7. The smallest absolute Gasteiger partial charge is 0.0949 e. The Bertz CT molecular complexity index is 326. The zero-order valence-corrected chi connectivity index (χ0v) is 13.7. The number of hydrogen-bond donors (Lipinski definition) is 1. The van der Waals surface area contributed by atoms with Crippen molar-refractivity contribution >= 4 is 15.9 Å². The predicted molar refractivity (Wildman–Crippen MR) is 85.5 cm³/mol. The number of nitrogens with one attached hydrogen (secondary N) is 1. The quantitative estimate of drug-likeness (QED) is 0.629. The average Bonchev–Trinajstić information content (AvgIpc) is 2.43. The van der Waals surface area contributed by atoms with Crippen LogP contribution in [0.3, 0.4) is 0 Å². The average molecular weight is 328 g/mol. The van der Waals surface area contributed by atoms with Crippen LogP contribution in [0.15, 0.2) is 28.7 Å². The third-order valence-corrected chi connectivity index (χ3v) is 3.59. The van der Waals surface area contributed by atoms with E-state index in [0.717, 1.165) is 37.0 Å². The summed E-state index contributed by atoms with van der Waals surface area (Å²) in [5, 5.41) is 3.45.